The van der Waals surface area contributed by atoms with Crippen molar-refractivity contribution in [3.63, 3.8) is 0 Å². The quantitative estimate of drug-likeness (QED) is 0.188. The molecule has 2 aliphatic rings. The average Bonchev–Trinajstić information content (AvgIpc) is 3.77. The van der Waals surface area contributed by atoms with Crippen LogP contribution in [0.2, 0.25) is 0 Å². The zero-order chi connectivity index (χ0) is 34.2. The summed E-state index contributed by atoms with van der Waals surface area (Å²) in [5.74, 6) is 2.72. The van der Waals surface area contributed by atoms with Crippen molar-refractivity contribution in [1.82, 2.24) is 19.5 Å². The van der Waals surface area contributed by atoms with Crippen LogP contribution in [-0.4, -0.2) is 25.6 Å². The van der Waals surface area contributed by atoms with Crippen LogP contribution in [0.4, 0.5) is 0 Å². The molecule has 244 valence electrons. The Bertz CT molecular complexity index is 2960. The highest BCUT2D eigenvalue weighted by Crippen LogP contribution is 2.50. The van der Waals surface area contributed by atoms with Gasteiger partial charge in [0.05, 0.1) is 11.6 Å². The van der Waals surface area contributed by atoms with Crippen molar-refractivity contribution in [2.75, 3.05) is 0 Å². The fourth-order valence-electron chi connectivity index (χ4n) is 8.23. The summed E-state index contributed by atoms with van der Waals surface area (Å²) in [4.78, 5) is 15.3. The van der Waals surface area contributed by atoms with Crippen LogP contribution < -0.4 is 4.74 Å². The first kappa shape index (κ1) is 28.9. The van der Waals surface area contributed by atoms with Gasteiger partial charge < -0.3 is 9.30 Å². The van der Waals surface area contributed by atoms with E-state index in [4.69, 9.17) is 19.7 Å². The molecule has 0 fully saturated rings. The zero-order valence-electron chi connectivity index (χ0n) is 28.0. The van der Waals surface area contributed by atoms with Crippen LogP contribution >= 0.6 is 0 Å². The molecule has 1 aliphatic heterocycles. The van der Waals surface area contributed by atoms with Gasteiger partial charge in [-0.15, -0.1) is 0 Å². The Hall–Kier alpha value is -6.85. The Kier molecular flexibility index (Phi) is 6.31. The first-order chi connectivity index (χ1) is 25.8. The highest BCUT2D eigenvalue weighted by Gasteiger charge is 2.39. The summed E-state index contributed by atoms with van der Waals surface area (Å²) >= 11 is 0. The third-order valence-electron chi connectivity index (χ3n) is 10.6. The van der Waals surface area contributed by atoms with Gasteiger partial charge in [0.15, 0.2) is 17.5 Å². The Morgan fingerprint density at radius 2 is 1.23 bits per heavy atom. The lowest BCUT2D eigenvalue weighted by Crippen LogP contribution is -2.27. The number of aromatic nitrogens is 4. The van der Waals surface area contributed by atoms with Gasteiger partial charge in [0.2, 0.25) is 0 Å². The molecule has 2 aromatic heterocycles. The molecule has 9 aromatic rings. The second-order valence-corrected chi connectivity index (χ2v) is 13.5. The summed E-state index contributed by atoms with van der Waals surface area (Å²) in [6.07, 6.45) is 6.42. The van der Waals surface area contributed by atoms with Crippen LogP contribution in [0.3, 0.4) is 0 Å². The van der Waals surface area contributed by atoms with Crippen molar-refractivity contribution < 1.29 is 4.74 Å². The number of fused-ring (bicyclic) bond motifs is 9. The van der Waals surface area contributed by atoms with Gasteiger partial charge in [0.25, 0.3) is 0 Å². The molecule has 0 amide bonds. The third-order valence-corrected chi connectivity index (χ3v) is 10.6. The number of ether oxygens (including phenoxy) is 1. The van der Waals surface area contributed by atoms with Crippen LogP contribution in [0.25, 0.3) is 83.1 Å². The standard InChI is InChI=1S/C47H30N4O/c1-2-14-31(15-3-1)45-48-46(33-25-24-29-12-4-5-16-32(29)28-33)50-47(49-45)38-20-11-23-41-42(38)37-19-10-22-40(44(37)52-41)51-39-21-9-8-18-35(39)36-27-26-30-13-6-7-17-34(30)43(36)51/h1-28,40,44H. The minimum atomic E-state index is -0.241. The third kappa shape index (κ3) is 4.39. The highest BCUT2D eigenvalue weighted by atomic mass is 16.5. The SMILES string of the molecule is C1=CC(n2c3ccccc3c3ccc4ccccc4c32)C2Oc3cccc(-c4nc(-c5ccccc5)nc(-c5ccc6ccccc6c5)n4)c3C2=C1. The van der Waals surface area contributed by atoms with Crippen LogP contribution in [0.5, 0.6) is 5.75 Å². The monoisotopic (exact) mass is 666 g/mol. The van der Waals surface area contributed by atoms with Gasteiger partial charge in [-0.2, -0.15) is 0 Å². The lowest BCUT2D eigenvalue weighted by Gasteiger charge is -2.27. The van der Waals surface area contributed by atoms with Crippen LogP contribution in [0, 0.1) is 0 Å². The number of benzene rings is 7. The van der Waals surface area contributed by atoms with Gasteiger partial charge in [0.1, 0.15) is 11.9 Å². The Morgan fingerprint density at radius 3 is 2.12 bits per heavy atom. The Labute approximate surface area is 299 Å². The molecule has 0 saturated heterocycles. The molecule has 1 aliphatic carbocycles. The second kappa shape index (κ2) is 11.3. The number of allylic oxidation sites excluding steroid dienone is 2. The molecule has 3 heterocycles. The van der Waals surface area contributed by atoms with E-state index in [1.54, 1.807) is 0 Å². The molecule has 0 saturated carbocycles. The van der Waals surface area contributed by atoms with E-state index in [0.29, 0.717) is 17.5 Å². The molecular weight excluding hydrogens is 637 g/mol. The van der Waals surface area contributed by atoms with Gasteiger partial charge in [-0.05, 0) is 34.4 Å². The molecular formula is C47H30N4O. The van der Waals surface area contributed by atoms with Crippen molar-refractivity contribution in [3.8, 4) is 39.9 Å². The molecule has 5 heteroatoms. The van der Waals surface area contributed by atoms with Crippen molar-refractivity contribution in [2.24, 2.45) is 0 Å². The van der Waals surface area contributed by atoms with Crippen LogP contribution in [-0.2, 0) is 0 Å². The average molecular weight is 667 g/mol. The Balaban J connectivity index is 1.08. The fourth-order valence-corrected chi connectivity index (χ4v) is 8.23. The summed E-state index contributed by atoms with van der Waals surface area (Å²) in [6.45, 7) is 0. The van der Waals surface area contributed by atoms with Gasteiger partial charge in [-0.1, -0.05) is 152 Å². The molecule has 0 spiro atoms. The number of hydrogen-bond donors (Lipinski definition) is 0. The molecule has 0 N–H and O–H groups in total. The maximum Gasteiger partial charge on any atom is 0.164 e. The van der Waals surface area contributed by atoms with E-state index in [1.807, 2.05) is 36.4 Å². The lowest BCUT2D eigenvalue weighted by atomic mass is 9.90. The number of para-hydroxylation sites is 1. The largest absolute Gasteiger partial charge is 0.483 e. The topological polar surface area (TPSA) is 52.8 Å². The molecule has 0 radical (unpaired) electrons. The molecule has 2 atom stereocenters. The summed E-state index contributed by atoms with van der Waals surface area (Å²) in [5.41, 5.74) is 7.37. The van der Waals surface area contributed by atoms with Crippen LogP contribution in [0.1, 0.15) is 11.6 Å². The number of hydrogen-bond acceptors (Lipinski definition) is 4. The molecule has 5 nitrogen and oxygen atoms in total. The molecule has 11 rings (SSSR count). The maximum absolute atomic E-state index is 6.99. The van der Waals surface area contributed by atoms with Crippen LogP contribution in [0.15, 0.2) is 170 Å². The molecule has 0 bridgehead atoms. The first-order valence-corrected chi connectivity index (χ1v) is 17.7. The van der Waals surface area contributed by atoms with Gasteiger partial charge in [-0.3, -0.25) is 0 Å². The Morgan fingerprint density at radius 1 is 0.519 bits per heavy atom. The van der Waals surface area contributed by atoms with E-state index >= 15 is 0 Å². The summed E-state index contributed by atoms with van der Waals surface area (Å²) in [6, 6.07) is 52.9. The predicted octanol–water partition coefficient (Wildman–Crippen LogP) is 11.2. The van der Waals surface area contributed by atoms with E-state index in [2.05, 4.69) is 138 Å². The van der Waals surface area contributed by atoms with E-state index < -0.39 is 0 Å². The van der Waals surface area contributed by atoms with Crippen molar-refractivity contribution in [1.29, 1.82) is 0 Å². The van der Waals surface area contributed by atoms with Crippen molar-refractivity contribution in [3.05, 3.63) is 175 Å². The summed E-state index contributed by atoms with van der Waals surface area (Å²) in [7, 11) is 0. The molecule has 52 heavy (non-hydrogen) atoms. The van der Waals surface area contributed by atoms with E-state index in [-0.39, 0.29) is 12.1 Å². The first-order valence-electron chi connectivity index (χ1n) is 17.7. The smallest absolute Gasteiger partial charge is 0.164 e. The van der Waals surface area contributed by atoms with Crippen molar-refractivity contribution >= 4 is 48.9 Å². The second-order valence-electron chi connectivity index (χ2n) is 13.5. The minimum Gasteiger partial charge on any atom is -0.483 e. The minimum absolute atomic E-state index is 0.0835. The molecule has 2 unspecified atom stereocenters. The number of rotatable bonds is 4. The zero-order valence-corrected chi connectivity index (χ0v) is 28.0. The van der Waals surface area contributed by atoms with Gasteiger partial charge >= 0.3 is 0 Å². The fraction of sp³-hybridized carbons (Fsp3) is 0.0426. The van der Waals surface area contributed by atoms with Crippen molar-refractivity contribution in [2.45, 2.75) is 12.1 Å². The van der Waals surface area contributed by atoms with Gasteiger partial charge in [-0.25, -0.2) is 15.0 Å². The normalized spacial score (nSPS) is 16.3. The number of nitrogens with zero attached hydrogens (tertiary/aromatic N) is 4. The lowest BCUT2D eigenvalue weighted by molar-refractivity contribution is 0.232. The summed E-state index contributed by atoms with van der Waals surface area (Å²) < 4.78 is 9.47. The maximum atomic E-state index is 6.99. The van der Waals surface area contributed by atoms with E-state index in [0.717, 1.165) is 39.0 Å². The van der Waals surface area contributed by atoms with E-state index in [9.17, 15) is 0 Å². The van der Waals surface area contributed by atoms with E-state index in [1.165, 1.54) is 38.0 Å². The summed E-state index contributed by atoms with van der Waals surface area (Å²) in [5, 5.41) is 7.26. The van der Waals surface area contributed by atoms with Gasteiger partial charge in [0, 0.05) is 49.5 Å². The predicted molar refractivity (Wildman–Crippen MR) is 211 cm³/mol. The highest BCUT2D eigenvalue weighted by molar-refractivity contribution is 6.18. The molecule has 7 aromatic carbocycles.